The molecular weight excluding hydrogens is 228 g/mol. The first-order valence-electron chi connectivity index (χ1n) is 4.19. The number of hydrogen-bond donors (Lipinski definition) is 1. The lowest BCUT2D eigenvalue weighted by molar-refractivity contribution is 0.350. The minimum absolute atomic E-state index is 0.0714. The highest BCUT2D eigenvalue weighted by molar-refractivity contribution is 9.11. The molecule has 0 aliphatic heterocycles. The van der Waals surface area contributed by atoms with E-state index in [0.717, 1.165) is 15.6 Å². The first-order chi connectivity index (χ1) is 6.16. The number of allylic oxidation sites excluding steroid dienone is 1. The van der Waals surface area contributed by atoms with Crippen molar-refractivity contribution in [2.75, 3.05) is 6.61 Å². The molecule has 0 saturated heterocycles. The van der Waals surface area contributed by atoms with E-state index in [0.29, 0.717) is 0 Å². The number of aliphatic hydroxyl groups is 1. The fourth-order valence-electron chi connectivity index (χ4n) is 1.29. The number of benzene rings is 1. The minimum atomic E-state index is 0.0714. The van der Waals surface area contributed by atoms with E-state index in [2.05, 4.69) is 15.9 Å². The van der Waals surface area contributed by atoms with Gasteiger partial charge in [0.2, 0.25) is 0 Å². The van der Waals surface area contributed by atoms with E-state index in [-0.39, 0.29) is 6.61 Å². The second-order valence-electron chi connectivity index (χ2n) is 2.99. The fourth-order valence-corrected chi connectivity index (χ4v) is 1.63. The quantitative estimate of drug-likeness (QED) is 0.843. The summed E-state index contributed by atoms with van der Waals surface area (Å²) in [5, 5.41) is 9.19. The highest BCUT2D eigenvalue weighted by Crippen LogP contribution is 2.24. The molecule has 0 fully saturated rings. The van der Waals surface area contributed by atoms with Crippen molar-refractivity contribution in [2.24, 2.45) is 0 Å². The number of hydrogen-bond acceptors (Lipinski definition) is 1. The molecule has 0 unspecified atom stereocenters. The molecule has 0 aliphatic carbocycles. The van der Waals surface area contributed by atoms with Gasteiger partial charge in [-0.15, -0.1) is 0 Å². The Balaban J connectivity index is 3.21. The van der Waals surface area contributed by atoms with Gasteiger partial charge in [0, 0.05) is 0 Å². The highest BCUT2D eigenvalue weighted by atomic mass is 79.9. The molecule has 1 aromatic rings. The van der Waals surface area contributed by atoms with E-state index in [1.807, 2.05) is 38.1 Å². The molecule has 13 heavy (non-hydrogen) atoms. The van der Waals surface area contributed by atoms with E-state index in [1.165, 1.54) is 5.56 Å². The molecule has 1 N–H and O–H groups in total. The largest absolute Gasteiger partial charge is 0.392 e. The standard InChI is InChI=1S/C11H13BrO/c1-8-5-3-4-6-10(8)11(7-13)9(2)12/h3-6,13H,7H2,1-2H3/b11-9-. The van der Waals surface area contributed by atoms with Gasteiger partial charge < -0.3 is 5.11 Å². The molecule has 0 heterocycles. The molecule has 0 amide bonds. The van der Waals surface area contributed by atoms with E-state index in [9.17, 15) is 5.11 Å². The Morgan fingerprint density at radius 1 is 1.38 bits per heavy atom. The normalized spacial score (nSPS) is 12.6. The molecule has 0 aliphatic rings. The van der Waals surface area contributed by atoms with Crippen LogP contribution in [0, 0.1) is 6.92 Å². The van der Waals surface area contributed by atoms with E-state index in [1.54, 1.807) is 0 Å². The van der Waals surface area contributed by atoms with Crippen molar-refractivity contribution in [1.29, 1.82) is 0 Å². The summed E-state index contributed by atoms with van der Waals surface area (Å²) in [6, 6.07) is 8.04. The summed E-state index contributed by atoms with van der Waals surface area (Å²) in [6.45, 7) is 4.06. The Kier molecular flexibility index (Phi) is 3.70. The predicted octanol–water partition coefficient (Wildman–Crippen LogP) is 3.11. The summed E-state index contributed by atoms with van der Waals surface area (Å²) >= 11 is 3.39. The molecule has 1 aromatic carbocycles. The van der Waals surface area contributed by atoms with Crippen molar-refractivity contribution in [1.82, 2.24) is 0 Å². The lowest BCUT2D eigenvalue weighted by atomic mass is 10.0. The van der Waals surface area contributed by atoms with Gasteiger partial charge in [0.25, 0.3) is 0 Å². The fraction of sp³-hybridized carbons (Fsp3) is 0.273. The predicted molar refractivity (Wildman–Crippen MR) is 59.8 cm³/mol. The van der Waals surface area contributed by atoms with E-state index in [4.69, 9.17) is 0 Å². The van der Waals surface area contributed by atoms with Gasteiger partial charge in [0.1, 0.15) is 0 Å². The van der Waals surface area contributed by atoms with Crippen LogP contribution < -0.4 is 0 Å². The molecule has 0 bridgehead atoms. The number of aryl methyl sites for hydroxylation is 1. The maximum absolute atomic E-state index is 9.19. The van der Waals surface area contributed by atoms with Crippen LogP contribution in [0.1, 0.15) is 18.1 Å². The Hall–Kier alpha value is -0.600. The van der Waals surface area contributed by atoms with Gasteiger partial charge in [0.05, 0.1) is 6.61 Å². The first kappa shape index (κ1) is 10.5. The summed E-state index contributed by atoms with van der Waals surface area (Å²) in [6.07, 6.45) is 0. The lowest BCUT2D eigenvalue weighted by Gasteiger charge is -2.08. The zero-order valence-corrected chi connectivity index (χ0v) is 9.43. The van der Waals surface area contributed by atoms with Gasteiger partial charge in [-0.25, -0.2) is 0 Å². The third-order valence-corrected chi connectivity index (χ3v) is 2.52. The summed E-state index contributed by atoms with van der Waals surface area (Å²) in [5.74, 6) is 0. The Bertz CT molecular complexity index is 325. The van der Waals surface area contributed by atoms with Crippen LogP contribution in [0.3, 0.4) is 0 Å². The molecule has 0 aromatic heterocycles. The van der Waals surface area contributed by atoms with Crippen LogP contribution in [-0.2, 0) is 0 Å². The Morgan fingerprint density at radius 2 is 2.00 bits per heavy atom. The second-order valence-corrected chi connectivity index (χ2v) is 4.17. The Labute approximate surface area is 87.2 Å². The topological polar surface area (TPSA) is 20.2 Å². The van der Waals surface area contributed by atoms with Gasteiger partial charge in [-0.3, -0.25) is 0 Å². The molecule has 2 heteroatoms. The van der Waals surface area contributed by atoms with Crippen LogP contribution in [0.25, 0.3) is 5.57 Å². The molecular formula is C11H13BrO. The highest BCUT2D eigenvalue weighted by Gasteiger charge is 2.04. The summed E-state index contributed by atoms with van der Waals surface area (Å²) < 4.78 is 0.990. The smallest absolute Gasteiger partial charge is 0.0695 e. The third kappa shape index (κ3) is 2.42. The molecule has 0 radical (unpaired) electrons. The molecule has 0 atom stereocenters. The second kappa shape index (κ2) is 4.58. The van der Waals surface area contributed by atoms with Crippen molar-refractivity contribution in [3.63, 3.8) is 0 Å². The average Bonchev–Trinajstić information content (AvgIpc) is 2.09. The lowest BCUT2D eigenvalue weighted by Crippen LogP contribution is -1.94. The van der Waals surface area contributed by atoms with Crippen molar-refractivity contribution in [3.8, 4) is 0 Å². The van der Waals surface area contributed by atoms with Crippen LogP contribution in [-0.4, -0.2) is 11.7 Å². The molecule has 1 nitrogen and oxygen atoms in total. The van der Waals surface area contributed by atoms with Gasteiger partial charge in [-0.2, -0.15) is 0 Å². The summed E-state index contributed by atoms with van der Waals surface area (Å²) in [5.41, 5.74) is 3.25. The van der Waals surface area contributed by atoms with Gasteiger partial charge >= 0.3 is 0 Å². The molecule has 70 valence electrons. The summed E-state index contributed by atoms with van der Waals surface area (Å²) in [4.78, 5) is 0. The number of aliphatic hydroxyl groups excluding tert-OH is 1. The number of halogens is 1. The zero-order valence-electron chi connectivity index (χ0n) is 7.84. The number of rotatable bonds is 2. The van der Waals surface area contributed by atoms with Crippen LogP contribution in [0.5, 0.6) is 0 Å². The van der Waals surface area contributed by atoms with E-state index >= 15 is 0 Å². The maximum Gasteiger partial charge on any atom is 0.0695 e. The molecule has 1 rings (SSSR count). The van der Waals surface area contributed by atoms with Gasteiger partial charge in [0.15, 0.2) is 0 Å². The van der Waals surface area contributed by atoms with Crippen LogP contribution >= 0.6 is 15.9 Å². The van der Waals surface area contributed by atoms with Crippen LogP contribution in [0.2, 0.25) is 0 Å². The third-order valence-electron chi connectivity index (χ3n) is 2.04. The van der Waals surface area contributed by atoms with E-state index < -0.39 is 0 Å². The van der Waals surface area contributed by atoms with Crippen molar-refractivity contribution < 1.29 is 5.11 Å². The maximum atomic E-state index is 9.19. The molecule has 0 saturated carbocycles. The monoisotopic (exact) mass is 240 g/mol. The van der Waals surface area contributed by atoms with Gasteiger partial charge in [-0.05, 0) is 35.0 Å². The zero-order chi connectivity index (χ0) is 9.84. The Morgan fingerprint density at radius 3 is 2.46 bits per heavy atom. The minimum Gasteiger partial charge on any atom is -0.392 e. The van der Waals surface area contributed by atoms with Crippen molar-refractivity contribution in [2.45, 2.75) is 13.8 Å². The summed E-state index contributed by atoms with van der Waals surface area (Å²) in [7, 11) is 0. The van der Waals surface area contributed by atoms with Crippen molar-refractivity contribution >= 4 is 21.5 Å². The van der Waals surface area contributed by atoms with Gasteiger partial charge in [-0.1, -0.05) is 40.2 Å². The average molecular weight is 241 g/mol. The SMILES string of the molecule is C/C(Br)=C(\CO)c1ccccc1C. The van der Waals surface area contributed by atoms with Crippen LogP contribution in [0.15, 0.2) is 28.7 Å². The first-order valence-corrected chi connectivity index (χ1v) is 4.98. The van der Waals surface area contributed by atoms with Crippen molar-refractivity contribution in [3.05, 3.63) is 39.9 Å². The van der Waals surface area contributed by atoms with Crippen LogP contribution in [0.4, 0.5) is 0 Å². The molecule has 0 spiro atoms.